The lowest BCUT2D eigenvalue weighted by molar-refractivity contribution is -0.131. The number of benzene rings is 1. The number of ether oxygens (including phenoxy) is 1. The number of urea groups is 1. The Labute approximate surface area is 152 Å². The zero-order chi connectivity index (χ0) is 18.9. The second-order valence-corrected chi connectivity index (χ2v) is 7.12. The molecule has 1 aromatic carbocycles. The molecule has 1 aromatic heterocycles. The summed E-state index contributed by atoms with van der Waals surface area (Å²) < 4.78 is 10.6. The van der Waals surface area contributed by atoms with E-state index in [1.807, 2.05) is 38.1 Å². The van der Waals surface area contributed by atoms with Gasteiger partial charge in [0.05, 0.1) is 19.3 Å². The first-order chi connectivity index (χ1) is 12.3. The summed E-state index contributed by atoms with van der Waals surface area (Å²) in [6, 6.07) is 6.90. The number of carbonyl (C=O) groups is 2. The predicted octanol–water partition coefficient (Wildman–Crippen LogP) is 3.21. The number of aromatic nitrogens is 1. The van der Waals surface area contributed by atoms with Crippen LogP contribution in [0.2, 0.25) is 0 Å². The Hall–Kier alpha value is -2.83. The van der Waals surface area contributed by atoms with Crippen molar-refractivity contribution in [1.82, 2.24) is 15.2 Å². The van der Waals surface area contributed by atoms with E-state index in [2.05, 4.69) is 10.3 Å². The van der Waals surface area contributed by atoms with Crippen LogP contribution in [0.4, 0.5) is 4.79 Å². The summed E-state index contributed by atoms with van der Waals surface area (Å²) in [7, 11) is 1.60. The van der Waals surface area contributed by atoms with Crippen molar-refractivity contribution in [2.24, 2.45) is 5.92 Å². The van der Waals surface area contributed by atoms with Crippen LogP contribution in [-0.2, 0) is 11.3 Å². The lowest BCUT2D eigenvalue weighted by atomic mass is 9.91. The molecule has 1 atom stereocenters. The zero-order valence-corrected chi connectivity index (χ0v) is 15.4. The van der Waals surface area contributed by atoms with Crippen LogP contribution in [0.1, 0.15) is 32.9 Å². The minimum atomic E-state index is -0.867. The lowest BCUT2D eigenvalue weighted by Crippen LogP contribution is -2.44. The van der Waals surface area contributed by atoms with Crippen molar-refractivity contribution < 1.29 is 18.7 Å². The third kappa shape index (κ3) is 3.42. The highest BCUT2D eigenvalue weighted by molar-refractivity contribution is 6.06. The van der Waals surface area contributed by atoms with E-state index >= 15 is 0 Å². The molecule has 3 amide bonds. The van der Waals surface area contributed by atoms with Gasteiger partial charge < -0.3 is 14.5 Å². The number of rotatable bonds is 6. The molecule has 1 unspecified atom stereocenters. The van der Waals surface area contributed by atoms with E-state index < -0.39 is 11.6 Å². The number of nitrogens with one attached hydrogen (secondary N) is 1. The van der Waals surface area contributed by atoms with E-state index in [9.17, 15) is 9.59 Å². The maximum atomic E-state index is 12.7. The monoisotopic (exact) mass is 357 g/mol. The minimum Gasteiger partial charge on any atom is -0.497 e. The molecule has 0 bridgehead atoms. The van der Waals surface area contributed by atoms with Crippen molar-refractivity contribution in [3.05, 3.63) is 36.2 Å². The highest BCUT2D eigenvalue weighted by Gasteiger charge is 2.47. The van der Waals surface area contributed by atoms with Gasteiger partial charge in [0.2, 0.25) is 5.89 Å². The molecule has 7 heteroatoms. The highest BCUT2D eigenvalue weighted by atomic mass is 16.5. The van der Waals surface area contributed by atoms with Crippen LogP contribution >= 0.6 is 0 Å². The fraction of sp³-hybridized carbons (Fsp3) is 0.421. The summed E-state index contributed by atoms with van der Waals surface area (Å²) in [5, 5.41) is 2.80. The molecule has 0 aliphatic carbocycles. The van der Waals surface area contributed by atoms with Crippen LogP contribution in [0.3, 0.4) is 0 Å². The molecular weight excluding hydrogens is 334 g/mol. The quantitative estimate of drug-likeness (QED) is 0.803. The van der Waals surface area contributed by atoms with E-state index in [-0.39, 0.29) is 18.4 Å². The predicted molar refractivity (Wildman–Crippen MR) is 95.4 cm³/mol. The Morgan fingerprint density at radius 1 is 1.27 bits per heavy atom. The molecule has 138 valence electrons. The fourth-order valence-corrected chi connectivity index (χ4v) is 3.25. The first kappa shape index (κ1) is 18.0. The van der Waals surface area contributed by atoms with Gasteiger partial charge in [0.25, 0.3) is 5.91 Å². The van der Waals surface area contributed by atoms with E-state index in [0.717, 1.165) is 11.3 Å². The van der Waals surface area contributed by atoms with E-state index in [1.165, 1.54) is 11.2 Å². The van der Waals surface area contributed by atoms with Gasteiger partial charge in [-0.1, -0.05) is 13.8 Å². The number of hydrogen-bond acceptors (Lipinski definition) is 5. The number of nitrogens with zero attached hydrogens (tertiary/aromatic N) is 2. The van der Waals surface area contributed by atoms with Gasteiger partial charge in [0.1, 0.15) is 17.6 Å². The maximum absolute atomic E-state index is 12.7. The SMILES string of the molecule is COc1ccc(-c2nc(CN3C(=O)NC(C)(CC(C)C)C3=O)co2)cc1. The van der Waals surface area contributed by atoms with Crippen LogP contribution in [-0.4, -0.2) is 34.5 Å². The molecule has 1 fully saturated rings. The Bertz CT molecular complexity index is 812. The summed E-state index contributed by atoms with van der Waals surface area (Å²) in [6.45, 7) is 5.88. The Kier molecular flexibility index (Phi) is 4.71. The highest BCUT2D eigenvalue weighted by Crippen LogP contribution is 2.27. The normalized spacial score (nSPS) is 20.0. The maximum Gasteiger partial charge on any atom is 0.325 e. The number of amides is 3. The van der Waals surface area contributed by atoms with Crippen molar-refractivity contribution in [2.75, 3.05) is 7.11 Å². The van der Waals surface area contributed by atoms with Crippen LogP contribution in [0.5, 0.6) is 5.75 Å². The molecule has 0 saturated carbocycles. The average molecular weight is 357 g/mol. The van der Waals surface area contributed by atoms with Gasteiger partial charge >= 0.3 is 6.03 Å². The molecule has 0 radical (unpaired) electrons. The van der Waals surface area contributed by atoms with Gasteiger partial charge in [0.15, 0.2) is 0 Å². The lowest BCUT2D eigenvalue weighted by Gasteiger charge is -2.23. The second kappa shape index (κ2) is 6.82. The third-order valence-corrected chi connectivity index (χ3v) is 4.37. The van der Waals surface area contributed by atoms with Gasteiger partial charge in [-0.15, -0.1) is 0 Å². The summed E-state index contributed by atoms with van der Waals surface area (Å²) >= 11 is 0. The van der Waals surface area contributed by atoms with Crippen molar-refractivity contribution in [1.29, 1.82) is 0 Å². The second-order valence-electron chi connectivity index (χ2n) is 7.12. The first-order valence-electron chi connectivity index (χ1n) is 8.55. The summed E-state index contributed by atoms with van der Waals surface area (Å²) in [6.07, 6.45) is 2.06. The van der Waals surface area contributed by atoms with Crippen LogP contribution in [0, 0.1) is 5.92 Å². The molecule has 2 heterocycles. The third-order valence-electron chi connectivity index (χ3n) is 4.37. The molecular formula is C19H23N3O4. The van der Waals surface area contributed by atoms with Gasteiger partial charge in [0, 0.05) is 5.56 Å². The Balaban J connectivity index is 1.74. The smallest absolute Gasteiger partial charge is 0.325 e. The van der Waals surface area contributed by atoms with Crippen LogP contribution in [0.25, 0.3) is 11.5 Å². The molecule has 1 saturated heterocycles. The molecule has 3 rings (SSSR count). The molecule has 2 aromatic rings. The number of oxazole rings is 1. The first-order valence-corrected chi connectivity index (χ1v) is 8.55. The molecule has 0 spiro atoms. The molecule has 7 nitrogen and oxygen atoms in total. The van der Waals surface area contributed by atoms with Crippen LogP contribution in [0.15, 0.2) is 34.9 Å². The Morgan fingerprint density at radius 3 is 2.58 bits per heavy atom. The van der Waals surface area contributed by atoms with Crippen molar-refractivity contribution in [2.45, 2.75) is 39.3 Å². The largest absolute Gasteiger partial charge is 0.497 e. The molecule has 26 heavy (non-hydrogen) atoms. The molecule has 1 aliphatic rings. The Morgan fingerprint density at radius 2 is 1.96 bits per heavy atom. The number of methoxy groups -OCH3 is 1. The van der Waals surface area contributed by atoms with Gasteiger partial charge in [-0.25, -0.2) is 9.78 Å². The zero-order valence-electron chi connectivity index (χ0n) is 15.4. The van der Waals surface area contributed by atoms with Gasteiger partial charge in [-0.3, -0.25) is 9.69 Å². The van der Waals surface area contributed by atoms with E-state index in [4.69, 9.17) is 9.15 Å². The van der Waals surface area contributed by atoms with E-state index in [1.54, 1.807) is 14.0 Å². The fourth-order valence-electron chi connectivity index (χ4n) is 3.25. The molecule has 1 aliphatic heterocycles. The molecule has 1 N–H and O–H groups in total. The number of carbonyl (C=O) groups excluding carboxylic acids is 2. The summed E-state index contributed by atoms with van der Waals surface area (Å²) in [5.41, 5.74) is 0.445. The van der Waals surface area contributed by atoms with Crippen molar-refractivity contribution in [3.63, 3.8) is 0 Å². The number of hydrogen-bond donors (Lipinski definition) is 1. The van der Waals surface area contributed by atoms with Crippen molar-refractivity contribution >= 4 is 11.9 Å². The standard InChI is InChI=1S/C19H23N3O4/c1-12(2)9-19(3)17(23)22(18(24)21-19)10-14-11-26-16(20-14)13-5-7-15(25-4)8-6-13/h5-8,11-12H,9-10H2,1-4H3,(H,21,24). The topological polar surface area (TPSA) is 84.7 Å². The minimum absolute atomic E-state index is 0.0814. The van der Waals surface area contributed by atoms with Gasteiger partial charge in [-0.2, -0.15) is 0 Å². The average Bonchev–Trinajstić information content (AvgIpc) is 3.13. The van der Waals surface area contributed by atoms with Crippen molar-refractivity contribution in [3.8, 4) is 17.2 Å². The van der Waals surface area contributed by atoms with Gasteiger partial charge in [-0.05, 0) is 43.5 Å². The van der Waals surface area contributed by atoms with E-state index in [0.29, 0.717) is 18.0 Å². The summed E-state index contributed by atoms with van der Waals surface area (Å²) in [5.74, 6) is 1.23. The summed E-state index contributed by atoms with van der Waals surface area (Å²) in [4.78, 5) is 30.5. The number of imide groups is 1. The van der Waals surface area contributed by atoms with Crippen LogP contribution < -0.4 is 10.1 Å².